The number of ether oxygens (including phenoxy) is 1. The van der Waals surface area contributed by atoms with Crippen LogP contribution in [0.25, 0.3) is 0 Å². The van der Waals surface area contributed by atoms with Crippen molar-refractivity contribution in [2.24, 2.45) is 0 Å². The maximum absolute atomic E-state index is 11.4. The zero-order chi connectivity index (χ0) is 16.0. The highest BCUT2D eigenvalue weighted by molar-refractivity contribution is 5.92. The molecule has 21 heavy (non-hydrogen) atoms. The summed E-state index contributed by atoms with van der Waals surface area (Å²) in [7, 11) is 3.24. The number of nitro groups is 1. The summed E-state index contributed by atoms with van der Waals surface area (Å²) < 4.78 is 5.23. The Hall–Kier alpha value is -2.64. The average molecular weight is 296 g/mol. The third kappa shape index (κ3) is 4.44. The molecule has 0 aliphatic carbocycles. The number of benzene rings is 1. The number of hydrogen-bond donors (Lipinski definition) is 1. The lowest BCUT2D eigenvalue weighted by Crippen LogP contribution is -2.21. The summed E-state index contributed by atoms with van der Waals surface area (Å²) in [6, 6.07) is 3.69. The molecule has 0 atom stereocenters. The Morgan fingerprint density at radius 2 is 2.05 bits per heavy atom. The fourth-order valence-corrected chi connectivity index (χ4v) is 1.61. The molecule has 0 bridgehead atoms. The van der Waals surface area contributed by atoms with Crippen LogP contribution in [0.4, 0.5) is 5.69 Å². The number of para-hydroxylation sites is 1. The molecule has 0 saturated carbocycles. The zero-order valence-electron chi connectivity index (χ0n) is 11.7. The SMILES string of the molecule is CN(C)C(=O)CCCOc1c(C(=O)O)cccc1[N+](=O)[O-]. The van der Waals surface area contributed by atoms with Crippen molar-refractivity contribution in [3.63, 3.8) is 0 Å². The highest BCUT2D eigenvalue weighted by Gasteiger charge is 2.22. The minimum atomic E-state index is -1.31. The zero-order valence-corrected chi connectivity index (χ0v) is 11.7. The Labute approximate surface area is 121 Å². The third-order valence-corrected chi connectivity index (χ3v) is 2.70. The molecule has 114 valence electrons. The van der Waals surface area contributed by atoms with E-state index in [1.165, 1.54) is 23.1 Å². The van der Waals surface area contributed by atoms with Gasteiger partial charge in [-0.2, -0.15) is 0 Å². The number of carboxylic acids is 1. The van der Waals surface area contributed by atoms with Crippen molar-refractivity contribution < 1.29 is 24.4 Å². The lowest BCUT2D eigenvalue weighted by atomic mass is 10.1. The maximum Gasteiger partial charge on any atom is 0.339 e. The normalized spacial score (nSPS) is 10.0. The first kappa shape index (κ1) is 16.4. The topological polar surface area (TPSA) is 110 Å². The number of carboxylic acid groups (broad SMARTS) is 1. The summed E-state index contributed by atoms with van der Waals surface area (Å²) in [6.07, 6.45) is 0.554. The van der Waals surface area contributed by atoms with E-state index < -0.39 is 16.6 Å². The Bertz CT molecular complexity index is 523. The van der Waals surface area contributed by atoms with Crippen LogP contribution in [-0.2, 0) is 4.79 Å². The standard InChI is InChI=1S/C13H16N2O6/c1-14(2)11(16)7-4-8-21-12-9(13(17)18)5-3-6-10(12)15(19)20/h3,5-6H,4,7-8H2,1-2H3,(H,17,18). The van der Waals surface area contributed by atoms with Gasteiger partial charge in [-0.05, 0) is 12.5 Å². The van der Waals surface area contributed by atoms with Gasteiger partial charge in [-0.3, -0.25) is 14.9 Å². The molecule has 8 heteroatoms. The molecular weight excluding hydrogens is 280 g/mol. The smallest absolute Gasteiger partial charge is 0.339 e. The lowest BCUT2D eigenvalue weighted by Gasteiger charge is -2.11. The molecule has 0 radical (unpaired) electrons. The van der Waals surface area contributed by atoms with Crippen LogP contribution in [0, 0.1) is 10.1 Å². The number of nitrogens with zero attached hydrogens (tertiary/aromatic N) is 2. The Balaban J connectivity index is 2.79. The molecule has 0 spiro atoms. The molecule has 0 aliphatic rings. The van der Waals surface area contributed by atoms with Gasteiger partial charge in [-0.1, -0.05) is 6.07 Å². The van der Waals surface area contributed by atoms with Crippen molar-refractivity contribution in [2.45, 2.75) is 12.8 Å². The van der Waals surface area contributed by atoms with Gasteiger partial charge >= 0.3 is 11.7 Å². The van der Waals surface area contributed by atoms with Gasteiger partial charge in [0.15, 0.2) is 0 Å². The summed E-state index contributed by atoms with van der Waals surface area (Å²) in [5.41, 5.74) is -0.683. The van der Waals surface area contributed by atoms with Gasteiger partial charge in [0.2, 0.25) is 11.7 Å². The van der Waals surface area contributed by atoms with Gasteiger partial charge in [-0.15, -0.1) is 0 Å². The average Bonchev–Trinajstić information content (AvgIpc) is 2.42. The Morgan fingerprint density at radius 1 is 1.38 bits per heavy atom. The van der Waals surface area contributed by atoms with Crippen LogP contribution in [0.1, 0.15) is 23.2 Å². The van der Waals surface area contributed by atoms with Crippen molar-refractivity contribution in [2.75, 3.05) is 20.7 Å². The van der Waals surface area contributed by atoms with Crippen molar-refractivity contribution >= 4 is 17.6 Å². The van der Waals surface area contributed by atoms with Crippen LogP contribution in [0.5, 0.6) is 5.75 Å². The van der Waals surface area contributed by atoms with E-state index in [-0.39, 0.29) is 30.2 Å². The van der Waals surface area contributed by atoms with Gasteiger partial charge in [0, 0.05) is 26.6 Å². The van der Waals surface area contributed by atoms with E-state index in [1.54, 1.807) is 14.1 Å². The van der Waals surface area contributed by atoms with Crippen LogP contribution < -0.4 is 4.74 Å². The van der Waals surface area contributed by atoms with Gasteiger partial charge < -0.3 is 14.7 Å². The molecule has 1 aromatic carbocycles. The molecule has 0 aromatic heterocycles. The minimum Gasteiger partial charge on any atom is -0.486 e. The fourth-order valence-electron chi connectivity index (χ4n) is 1.61. The second-order valence-corrected chi connectivity index (χ2v) is 4.46. The second kappa shape index (κ2) is 7.22. The maximum atomic E-state index is 11.4. The molecule has 1 aromatic rings. The van der Waals surface area contributed by atoms with Crippen LogP contribution in [0.2, 0.25) is 0 Å². The number of rotatable bonds is 7. The molecule has 1 amide bonds. The Kier molecular flexibility index (Phi) is 5.65. The molecule has 0 heterocycles. The van der Waals surface area contributed by atoms with Crippen LogP contribution in [0.3, 0.4) is 0 Å². The fraction of sp³-hybridized carbons (Fsp3) is 0.385. The minimum absolute atomic E-state index is 0.0186. The number of nitro benzene ring substituents is 1. The summed E-state index contributed by atoms with van der Waals surface area (Å²) >= 11 is 0. The molecule has 1 N–H and O–H groups in total. The molecule has 0 unspecified atom stereocenters. The predicted octanol–water partition coefficient (Wildman–Crippen LogP) is 1.54. The molecular formula is C13H16N2O6. The third-order valence-electron chi connectivity index (χ3n) is 2.70. The van der Waals surface area contributed by atoms with Gasteiger partial charge in [0.1, 0.15) is 5.56 Å². The largest absolute Gasteiger partial charge is 0.486 e. The van der Waals surface area contributed by atoms with E-state index in [9.17, 15) is 19.7 Å². The highest BCUT2D eigenvalue weighted by Crippen LogP contribution is 2.31. The van der Waals surface area contributed by atoms with E-state index in [2.05, 4.69) is 0 Å². The van der Waals surface area contributed by atoms with Crippen LogP contribution >= 0.6 is 0 Å². The summed E-state index contributed by atoms with van der Waals surface area (Å²) in [4.78, 5) is 34.1. The highest BCUT2D eigenvalue weighted by atomic mass is 16.6. The molecule has 1 rings (SSSR count). The number of carbonyl (C=O) groups is 2. The van der Waals surface area contributed by atoms with Crippen molar-refractivity contribution in [1.29, 1.82) is 0 Å². The van der Waals surface area contributed by atoms with Crippen LogP contribution in [-0.4, -0.2) is 47.5 Å². The van der Waals surface area contributed by atoms with Gasteiger partial charge in [0.25, 0.3) is 0 Å². The molecule has 0 aliphatic heterocycles. The van der Waals surface area contributed by atoms with Gasteiger partial charge in [0.05, 0.1) is 11.5 Å². The molecule has 0 saturated heterocycles. The first-order valence-corrected chi connectivity index (χ1v) is 6.18. The number of aromatic carboxylic acids is 1. The Morgan fingerprint density at radius 3 is 2.57 bits per heavy atom. The number of hydrogen-bond acceptors (Lipinski definition) is 5. The van der Waals surface area contributed by atoms with E-state index in [0.29, 0.717) is 6.42 Å². The second-order valence-electron chi connectivity index (χ2n) is 4.46. The van der Waals surface area contributed by atoms with E-state index in [0.717, 1.165) is 0 Å². The van der Waals surface area contributed by atoms with Crippen molar-refractivity contribution in [3.8, 4) is 5.75 Å². The predicted molar refractivity (Wildman–Crippen MR) is 73.5 cm³/mol. The lowest BCUT2D eigenvalue weighted by molar-refractivity contribution is -0.385. The summed E-state index contributed by atoms with van der Waals surface area (Å²) in [5, 5.41) is 19.9. The van der Waals surface area contributed by atoms with Gasteiger partial charge in [-0.25, -0.2) is 4.79 Å². The number of amides is 1. The molecule has 0 fully saturated rings. The first-order chi connectivity index (χ1) is 9.84. The van der Waals surface area contributed by atoms with Crippen LogP contribution in [0.15, 0.2) is 18.2 Å². The summed E-state index contributed by atoms with van der Waals surface area (Å²) in [6.45, 7) is 0.0186. The monoisotopic (exact) mass is 296 g/mol. The first-order valence-electron chi connectivity index (χ1n) is 6.18. The number of carbonyl (C=O) groups excluding carboxylic acids is 1. The quantitative estimate of drug-likeness (QED) is 0.464. The van der Waals surface area contributed by atoms with E-state index >= 15 is 0 Å². The van der Waals surface area contributed by atoms with E-state index in [1.807, 2.05) is 0 Å². The molecule has 8 nitrogen and oxygen atoms in total. The summed E-state index contributed by atoms with van der Waals surface area (Å²) in [5.74, 6) is -1.69. The van der Waals surface area contributed by atoms with Crippen molar-refractivity contribution in [3.05, 3.63) is 33.9 Å². The van der Waals surface area contributed by atoms with E-state index in [4.69, 9.17) is 9.84 Å². The van der Waals surface area contributed by atoms with Crippen molar-refractivity contribution in [1.82, 2.24) is 4.90 Å².